The van der Waals surface area contributed by atoms with E-state index in [1.54, 1.807) is 30.3 Å². The van der Waals surface area contributed by atoms with Gasteiger partial charge in [0.2, 0.25) is 0 Å². The van der Waals surface area contributed by atoms with Gasteiger partial charge in [0.25, 0.3) is 11.7 Å². The average Bonchev–Trinajstić information content (AvgIpc) is 3.02. The van der Waals surface area contributed by atoms with E-state index in [9.17, 15) is 19.8 Å². The van der Waals surface area contributed by atoms with Gasteiger partial charge in [0, 0.05) is 19.2 Å². The second-order valence-corrected chi connectivity index (χ2v) is 6.88. The average molecular weight is 427 g/mol. The second-order valence-electron chi connectivity index (χ2n) is 6.88. The summed E-state index contributed by atoms with van der Waals surface area (Å²) in [6.45, 7) is 2.63. The standard InChI is InChI=1S/C23H25NO7/c1-4-31-16-7-5-6-15(12-16)21(26)19-20(14-8-9-17(25)18(13-14)30-3)24(10-11-29-2)23(28)22(19)27/h5-9,12-13,20,25-26H,4,10-11H2,1-3H3/b21-19+. The monoisotopic (exact) mass is 427 g/mol. The minimum atomic E-state index is -0.875. The van der Waals surface area contributed by atoms with Gasteiger partial charge in [-0.15, -0.1) is 0 Å². The van der Waals surface area contributed by atoms with E-state index in [4.69, 9.17) is 14.2 Å². The smallest absolute Gasteiger partial charge is 0.295 e. The fourth-order valence-corrected chi connectivity index (χ4v) is 3.57. The number of aliphatic hydroxyl groups excluding tert-OH is 1. The Morgan fingerprint density at radius 2 is 1.90 bits per heavy atom. The van der Waals surface area contributed by atoms with Crippen LogP contribution in [0, 0.1) is 0 Å². The van der Waals surface area contributed by atoms with Crippen molar-refractivity contribution in [2.75, 3.05) is 34.0 Å². The largest absolute Gasteiger partial charge is 0.507 e. The topological polar surface area (TPSA) is 106 Å². The van der Waals surface area contributed by atoms with E-state index < -0.39 is 17.7 Å². The zero-order valence-corrected chi connectivity index (χ0v) is 17.6. The van der Waals surface area contributed by atoms with Crippen molar-refractivity contribution < 1.29 is 34.0 Å². The SMILES string of the molecule is CCOc1cccc(/C(O)=C2\C(=O)C(=O)N(CCOC)C2c2ccc(O)c(OC)c2)c1. The zero-order chi connectivity index (χ0) is 22.5. The van der Waals surface area contributed by atoms with Gasteiger partial charge in [0.05, 0.1) is 31.9 Å². The summed E-state index contributed by atoms with van der Waals surface area (Å²) >= 11 is 0. The van der Waals surface area contributed by atoms with E-state index in [0.717, 1.165) is 0 Å². The highest BCUT2D eigenvalue weighted by Gasteiger charge is 2.46. The van der Waals surface area contributed by atoms with Crippen LogP contribution in [0.4, 0.5) is 0 Å². The van der Waals surface area contributed by atoms with Crippen LogP contribution < -0.4 is 9.47 Å². The van der Waals surface area contributed by atoms with E-state index in [1.807, 2.05) is 6.92 Å². The first-order chi connectivity index (χ1) is 14.9. The number of nitrogens with zero attached hydrogens (tertiary/aromatic N) is 1. The molecule has 0 aromatic heterocycles. The summed E-state index contributed by atoms with van der Waals surface area (Å²) < 4.78 is 15.8. The van der Waals surface area contributed by atoms with Crippen LogP contribution in [0.15, 0.2) is 48.0 Å². The van der Waals surface area contributed by atoms with E-state index in [1.165, 1.54) is 31.3 Å². The van der Waals surface area contributed by atoms with Gasteiger partial charge >= 0.3 is 0 Å². The number of aliphatic hydroxyl groups is 1. The van der Waals surface area contributed by atoms with Crippen LogP contribution in [0.2, 0.25) is 0 Å². The summed E-state index contributed by atoms with van der Waals surface area (Å²) in [5.41, 5.74) is 0.807. The Morgan fingerprint density at radius 3 is 2.58 bits per heavy atom. The summed E-state index contributed by atoms with van der Waals surface area (Å²) in [4.78, 5) is 27.1. The molecule has 1 aliphatic rings. The molecule has 8 nitrogen and oxygen atoms in total. The number of Topliss-reactive ketones (excluding diaryl/α,β-unsaturated/α-hetero) is 1. The van der Waals surface area contributed by atoms with E-state index >= 15 is 0 Å². The third-order valence-electron chi connectivity index (χ3n) is 5.01. The fraction of sp³-hybridized carbons (Fsp3) is 0.304. The first-order valence-corrected chi connectivity index (χ1v) is 9.80. The summed E-state index contributed by atoms with van der Waals surface area (Å²) in [5, 5.41) is 21.0. The number of benzene rings is 2. The highest BCUT2D eigenvalue weighted by atomic mass is 16.5. The quantitative estimate of drug-likeness (QED) is 0.379. The number of methoxy groups -OCH3 is 2. The van der Waals surface area contributed by atoms with Crippen LogP contribution in [-0.2, 0) is 14.3 Å². The molecule has 1 aliphatic heterocycles. The Labute approximate surface area is 180 Å². The molecule has 8 heteroatoms. The number of ether oxygens (including phenoxy) is 3. The van der Waals surface area contributed by atoms with Crippen LogP contribution in [0.5, 0.6) is 17.2 Å². The normalized spacial score (nSPS) is 17.8. The lowest BCUT2D eigenvalue weighted by molar-refractivity contribution is -0.140. The molecular weight excluding hydrogens is 402 g/mol. The van der Waals surface area contributed by atoms with Crippen molar-refractivity contribution in [3.8, 4) is 17.2 Å². The van der Waals surface area contributed by atoms with E-state index in [2.05, 4.69) is 0 Å². The van der Waals surface area contributed by atoms with Gasteiger partial charge in [-0.2, -0.15) is 0 Å². The van der Waals surface area contributed by atoms with Gasteiger partial charge in [-0.3, -0.25) is 9.59 Å². The number of phenols is 1. The molecule has 2 aromatic carbocycles. The van der Waals surface area contributed by atoms with Crippen molar-refractivity contribution >= 4 is 17.4 Å². The summed E-state index contributed by atoms with van der Waals surface area (Å²) in [6, 6.07) is 10.3. The molecule has 1 fully saturated rings. The number of phenolic OH excluding ortho intramolecular Hbond substituents is 1. The molecule has 0 aliphatic carbocycles. The Morgan fingerprint density at radius 1 is 1.13 bits per heavy atom. The first-order valence-electron chi connectivity index (χ1n) is 9.80. The fourth-order valence-electron chi connectivity index (χ4n) is 3.57. The van der Waals surface area contributed by atoms with Crippen molar-refractivity contribution in [1.82, 2.24) is 4.90 Å². The second kappa shape index (κ2) is 9.53. The number of likely N-dealkylation sites (tertiary alicyclic amines) is 1. The van der Waals surface area contributed by atoms with Gasteiger partial charge in [-0.25, -0.2) is 0 Å². The number of hydrogen-bond acceptors (Lipinski definition) is 7. The third-order valence-corrected chi connectivity index (χ3v) is 5.01. The maximum atomic E-state index is 12.9. The predicted molar refractivity (Wildman–Crippen MR) is 113 cm³/mol. The lowest BCUT2D eigenvalue weighted by Gasteiger charge is -2.25. The molecule has 0 saturated carbocycles. The van der Waals surface area contributed by atoms with Crippen molar-refractivity contribution in [2.45, 2.75) is 13.0 Å². The number of aromatic hydroxyl groups is 1. The number of carbonyl (C=O) groups excluding carboxylic acids is 2. The molecule has 1 saturated heterocycles. The Bertz CT molecular complexity index is 1010. The lowest BCUT2D eigenvalue weighted by Crippen LogP contribution is -2.32. The number of ketones is 1. The molecule has 0 radical (unpaired) electrons. The van der Waals surface area contributed by atoms with Gasteiger partial charge in [-0.05, 0) is 36.8 Å². The highest BCUT2D eigenvalue weighted by Crippen LogP contribution is 2.41. The van der Waals surface area contributed by atoms with E-state index in [0.29, 0.717) is 23.5 Å². The molecule has 0 spiro atoms. The highest BCUT2D eigenvalue weighted by molar-refractivity contribution is 6.46. The molecule has 2 aromatic rings. The van der Waals surface area contributed by atoms with Crippen LogP contribution in [0.1, 0.15) is 24.1 Å². The van der Waals surface area contributed by atoms with Gasteiger partial charge in [0.15, 0.2) is 11.5 Å². The summed E-state index contributed by atoms with van der Waals surface area (Å²) in [7, 11) is 2.90. The minimum Gasteiger partial charge on any atom is -0.507 e. The van der Waals surface area contributed by atoms with Crippen molar-refractivity contribution in [1.29, 1.82) is 0 Å². The molecule has 3 rings (SSSR count). The Balaban J connectivity index is 2.17. The van der Waals surface area contributed by atoms with Crippen LogP contribution in [0.25, 0.3) is 5.76 Å². The summed E-state index contributed by atoms with van der Waals surface area (Å²) in [5.74, 6) is -1.21. The van der Waals surface area contributed by atoms with Gasteiger partial charge in [0.1, 0.15) is 11.5 Å². The maximum Gasteiger partial charge on any atom is 0.295 e. The third kappa shape index (κ3) is 4.34. The Hall–Kier alpha value is -3.52. The van der Waals surface area contributed by atoms with Gasteiger partial charge < -0.3 is 29.3 Å². The van der Waals surface area contributed by atoms with Crippen molar-refractivity contribution in [3.05, 3.63) is 59.2 Å². The molecule has 2 N–H and O–H groups in total. The number of rotatable bonds is 8. The van der Waals surface area contributed by atoms with Crippen molar-refractivity contribution in [3.63, 3.8) is 0 Å². The van der Waals surface area contributed by atoms with Crippen LogP contribution in [-0.4, -0.2) is 60.8 Å². The number of carbonyl (C=O) groups is 2. The molecule has 164 valence electrons. The molecule has 0 bridgehead atoms. The minimum absolute atomic E-state index is 0.0532. The van der Waals surface area contributed by atoms with Crippen LogP contribution >= 0.6 is 0 Å². The van der Waals surface area contributed by atoms with Crippen LogP contribution in [0.3, 0.4) is 0 Å². The number of hydrogen-bond donors (Lipinski definition) is 2. The predicted octanol–water partition coefficient (Wildman–Crippen LogP) is 2.87. The molecule has 1 atom stereocenters. The zero-order valence-electron chi connectivity index (χ0n) is 17.6. The maximum absolute atomic E-state index is 12.9. The van der Waals surface area contributed by atoms with E-state index in [-0.39, 0.29) is 36.0 Å². The summed E-state index contributed by atoms with van der Waals surface area (Å²) in [6.07, 6.45) is 0. The first kappa shape index (κ1) is 22.2. The lowest BCUT2D eigenvalue weighted by atomic mass is 9.95. The molecule has 1 heterocycles. The molecule has 1 unspecified atom stereocenters. The molecular formula is C23H25NO7. The number of amides is 1. The Kier molecular flexibility index (Phi) is 6.81. The van der Waals surface area contributed by atoms with Gasteiger partial charge in [-0.1, -0.05) is 18.2 Å². The molecule has 1 amide bonds. The molecule has 31 heavy (non-hydrogen) atoms. The van der Waals surface area contributed by atoms with Crippen molar-refractivity contribution in [2.24, 2.45) is 0 Å².